The summed E-state index contributed by atoms with van der Waals surface area (Å²) >= 11 is 7.45. The van der Waals surface area contributed by atoms with Crippen LogP contribution in [0.25, 0.3) is 16.2 Å². The van der Waals surface area contributed by atoms with Crippen LogP contribution in [0.1, 0.15) is 11.3 Å². The Morgan fingerprint density at radius 1 is 1.14 bits per heavy atom. The highest BCUT2D eigenvalue weighted by molar-refractivity contribution is 7.89. The topological polar surface area (TPSA) is 75.8 Å². The summed E-state index contributed by atoms with van der Waals surface area (Å²) in [5, 5.41) is 6.51. The zero-order chi connectivity index (χ0) is 19.7. The minimum Gasteiger partial charge on any atom is -0.289 e. The van der Waals surface area contributed by atoms with Crippen molar-refractivity contribution in [1.29, 1.82) is 0 Å². The molecule has 4 aromatic rings. The maximum atomic E-state index is 12.4. The molecule has 142 valence electrons. The monoisotopic (exact) mass is 430 g/mol. The number of aryl methyl sites for hydroxylation is 1. The Morgan fingerprint density at radius 3 is 2.57 bits per heavy atom. The first-order valence-electron chi connectivity index (χ1n) is 8.27. The van der Waals surface area contributed by atoms with Crippen LogP contribution in [0.2, 0.25) is 5.02 Å². The SMILES string of the molecule is Cc1ccc(S(=O)(=O)N/N=C\c2c(-c3ccc(Cl)cc3)nc3sccn23)cc1. The molecule has 0 aliphatic rings. The molecule has 0 aliphatic heterocycles. The molecule has 2 aromatic heterocycles. The smallest absolute Gasteiger partial charge is 0.276 e. The number of rotatable bonds is 5. The molecule has 6 nitrogen and oxygen atoms in total. The summed E-state index contributed by atoms with van der Waals surface area (Å²) in [6.07, 6.45) is 3.32. The van der Waals surface area contributed by atoms with Gasteiger partial charge < -0.3 is 0 Å². The molecule has 2 aromatic carbocycles. The van der Waals surface area contributed by atoms with Gasteiger partial charge in [0.1, 0.15) is 0 Å². The predicted octanol–water partition coefficient (Wildman–Crippen LogP) is 4.34. The molecule has 0 saturated carbocycles. The first-order chi connectivity index (χ1) is 13.4. The fourth-order valence-electron chi connectivity index (χ4n) is 2.67. The fourth-order valence-corrected chi connectivity index (χ4v) is 4.31. The average Bonchev–Trinajstić information content (AvgIpc) is 3.25. The lowest BCUT2D eigenvalue weighted by molar-refractivity contribution is 0.584. The second kappa shape index (κ2) is 7.38. The predicted molar refractivity (Wildman–Crippen MR) is 113 cm³/mol. The van der Waals surface area contributed by atoms with Gasteiger partial charge >= 0.3 is 0 Å². The highest BCUT2D eigenvalue weighted by Crippen LogP contribution is 2.26. The Labute approximate surface area is 171 Å². The van der Waals surface area contributed by atoms with Crippen molar-refractivity contribution in [3.63, 3.8) is 0 Å². The molecular weight excluding hydrogens is 416 g/mol. The summed E-state index contributed by atoms with van der Waals surface area (Å²) in [7, 11) is -3.75. The van der Waals surface area contributed by atoms with E-state index in [0.717, 1.165) is 16.1 Å². The zero-order valence-electron chi connectivity index (χ0n) is 14.7. The van der Waals surface area contributed by atoms with Gasteiger partial charge in [-0.25, -0.2) is 9.82 Å². The van der Waals surface area contributed by atoms with E-state index in [4.69, 9.17) is 11.6 Å². The molecule has 1 N–H and O–H groups in total. The third-order valence-electron chi connectivity index (χ3n) is 4.11. The number of hydrogen-bond donors (Lipinski definition) is 1. The number of hydrogen-bond acceptors (Lipinski definition) is 5. The highest BCUT2D eigenvalue weighted by atomic mass is 35.5. The molecule has 28 heavy (non-hydrogen) atoms. The van der Waals surface area contributed by atoms with Crippen molar-refractivity contribution in [2.45, 2.75) is 11.8 Å². The number of imidazole rings is 1. The van der Waals surface area contributed by atoms with Crippen LogP contribution < -0.4 is 4.83 Å². The van der Waals surface area contributed by atoms with E-state index in [1.807, 2.05) is 35.0 Å². The minimum atomic E-state index is -3.75. The van der Waals surface area contributed by atoms with Gasteiger partial charge in [-0.05, 0) is 31.2 Å². The zero-order valence-corrected chi connectivity index (χ0v) is 17.1. The third kappa shape index (κ3) is 3.66. The van der Waals surface area contributed by atoms with Gasteiger partial charge in [0.15, 0.2) is 4.96 Å². The van der Waals surface area contributed by atoms with Crippen molar-refractivity contribution in [3.05, 3.63) is 76.4 Å². The summed E-state index contributed by atoms with van der Waals surface area (Å²) in [4.78, 5) is 7.83. The number of hydrazone groups is 1. The number of fused-ring (bicyclic) bond motifs is 1. The van der Waals surface area contributed by atoms with E-state index in [0.29, 0.717) is 16.4 Å². The first-order valence-corrected chi connectivity index (χ1v) is 11.0. The van der Waals surface area contributed by atoms with E-state index in [2.05, 4.69) is 14.9 Å². The quantitative estimate of drug-likeness (QED) is 0.378. The van der Waals surface area contributed by atoms with Gasteiger partial charge in [0.2, 0.25) is 0 Å². The van der Waals surface area contributed by atoms with Gasteiger partial charge in [0.25, 0.3) is 10.0 Å². The Kier molecular flexibility index (Phi) is 4.92. The van der Waals surface area contributed by atoms with Crippen LogP contribution in [-0.4, -0.2) is 24.0 Å². The molecule has 0 aliphatic carbocycles. The fraction of sp³-hybridized carbons (Fsp3) is 0.0526. The molecule has 0 bridgehead atoms. The van der Waals surface area contributed by atoms with E-state index in [9.17, 15) is 8.42 Å². The Bertz CT molecular complexity index is 1260. The maximum Gasteiger partial charge on any atom is 0.276 e. The van der Waals surface area contributed by atoms with Crippen molar-refractivity contribution in [2.24, 2.45) is 5.10 Å². The summed E-state index contributed by atoms with van der Waals surface area (Å²) in [5.74, 6) is 0. The van der Waals surface area contributed by atoms with Crippen LogP contribution in [0.3, 0.4) is 0 Å². The highest BCUT2D eigenvalue weighted by Gasteiger charge is 2.15. The van der Waals surface area contributed by atoms with Crippen LogP contribution in [0.4, 0.5) is 0 Å². The van der Waals surface area contributed by atoms with Crippen LogP contribution in [0.5, 0.6) is 0 Å². The van der Waals surface area contributed by atoms with Crippen LogP contribution >= 0.6 is 22.9 Å². The Balaban J connectivity index is 1.67. The number of halogens is 1. The number of thiazole rings is 1. The van der Waals surface area contributed by atoms with Gasteiger partial charge in [-0.1, -0.05) is 41.4 Å². The third-order valence-corrected chi connectivity index (χ3v) is 6.35. The molecular formula is C19H15ClN4O2S2. The second-order valence-electron chi connectivity index (χ2n) is 6.07. The van der Waals surface area contributed by atoms with Crippen molar-refractivity contribution in [1.82, 2.24) is 14.2 Å². The van der Waals surface area contributed by atoms with Crippen molar-refractivity contribution < 1.29 is 8.42 Å². The van der Waals surface area contributed by atoms with Gasteiger partial charge in [-0.15, -0.1) is 11.3 Å². The molecule has 0 spiro atoms. The second-order valence-corrected chi connectivity index (χ2v) is 9.04. The number of nitrogens with zero attached hydrogens (tertiary/aromatic N) is 3. The van der Waals surface area contributed by atoms with Gasteiger partial charge in [0, 0.05) is 22.2 Å². The van der Waals surface area contributed by atoms with Crippen molar-refractivity contribution >= 4 is 44.1 Å². The van der Waals surface area contributed by atoms with E-state index in [1.165, 1.54) is 17.6 Å². The van der Waals surface area contributed by atoms with Gasteiger partial charge in [-0.2, -0.15) is 13.5 Å². The summed E-state index contributed by atoms with van der Waals surface area (Å²) in [6.45, 7) is 1.89. The lowest BCUT2D eigenvalue weighted by Crippen LogP contribution is -2.18. The molecule has 0 radical (unpaired) electrons. The molecule has 4 rings (SSSR count). The molecule has 0 unspecified atom stereocenters. The van der Waals surface area contributed by atoms with E-state index < -0.39 is 10.0 Å². The maximum absolute atomic E-state index is 12.4. The summed E-state index contributed by atoms with van der Waals surface area (Å²) in [6, 6.07) is 13.9. The molecule has 0 fully saturated rings. The number of aromatic nitrogens is 2. The lowest BCUT2D eigenvalue weighted by atomic mass is 10.1. The van der Waals surface area contributed by atoms with Gasteiger partial charge in [0.05, 0.1) is 22.5 Å². The van der Waals surface area contributed by atoms with Crippen molar-refractivity contribution in [3.8, 4) is 11.3 Å². The van der Waals surface area contributed by atoms with E-state index in [1.54, 1.807) is 36.4 Å². The molecule has 0 saturated heterocycles. The summed E-state index contributed by atoms with van der Waals surface area (Å²) in [5.41, 5.74) is 3.21. The van der Waals surface area contributed by atoms with Gasteiger partial charge in [-0.3, -0.25) is 4.40 Å². The van der Waals surface area contributed by atoms with E-state index >= 15 is 0 Å². The Morgan fingerprint density at radius 2 is 1.86 bits per heavy atom. The summed E-state index contributed by atoms with van der Waals surface area (Å²) < 4.78 is 26.7. The normalized spacial score (nSPS) is 12.1. The molecule has 0 amide bonds. The number of nitrogens with one attached hydrogen (secondary N) is 1. The van der Waals surface area contributed by atoms with Crippen molar-refractivity contribution in [2.75, 3.05) is 0 Å². The minimum absolute atomic E-state index is 0.155. The molecule has 9 heteroatoms. The van der Waals surface area contributed by atoms with Crippen LogP contribution in [0.15, 0.2) is 70.1 Å². The largest absolute Gasteiger partial charge is 0.289 e. The first kappa shape index (κ1) is 18.7. The average molecular weight is 431 g/mol. The number of benzene rings is 2. The van der Waals surface area contributed by atoms with Crippen LogP contribution in [0, 0.1) is 6.92 Å². The lowest BCUT2D eigenvalue weighted by Gasteiger charge is -2.04. The standard InChI is InChI=1S/C19H15ClN4O2S2/c1-13-2-8-16(9-3-13)28(25,26)23-21-12-17-18(14-4-6-15(20)7-5-14)22-19-24(17)10-11-27-19/h2-12,23H,1H3/b21-12-. The Hall–Kier alpha value is -2.68. The van der Waals surface area contributed by atoms with E-state index in [-0.39, 0.29) is 4.90 Å². The number of sulfonamides is 1. The van der Waals surface area contributed by atoms with Crippen LogP contribution in [-0.2, 0) is 10.0 Å². The molecule has 0 atom stereocenters. The molecule has 2 heterocycles.